The van der Waals surface area contributed by atoms with Gasteiger partial charge in [0.25, 0.3) is 0 Å². The number of amidine groups is 1. The molecular formula is C20H20BrN3O2S. The van der Waals surface area contributed by atoms with Gasteiger partial charge in [-0.05, 0) is 49.7 Å². The number of amides is 2. The first-order chi connectivity index (χ1) is 12.8. The molecule has 1 saturated heterocycles. The Morgan fingerprint density at radius 2 is 1.93 bits per heavy atom. The monoisotopic (exact) mass is 445 g/mol. The molecule has 140 valence electrons. The van der Waals surface area contributed by atoms with Gasteiger partial charge in [-0.1, -0.05) is 45.4 Å². The highest BCUT2D eigenvalue weighted by Gasteiger charge is 2.34. The molecule has 1 N–H and O–H groups in total. The Balaban J connectivity index is 1.78. The summed E-state index contributed by atoms with van der Waals surface area (Å²) in [5, 5.41) is 2.95. The van der Waals surface area contributed by atoms with Gasteiger partial charge in [0.05, 0.1) is 5.69 Å². The first-order valence-corrected chi connectivity index (χ1v) is 10.2. The summed E-state index contributed by atoms with van der Waals surface area (Å²) >= 11 is 4.70. The Kier molecular flexibility index (Phi) is 6.01. The first-order valence-electron chi connectivity index (χ1n) is 8.49. The summed E-state index contributed by atoms with van der Waals surface area (Å²) in [5.74, 6) is -0.303. The highest BCUT2D eigenvalue weighted by atomic mass is 79.9. The molecule has 1 heterocycles. The average Bonchev–Trinajstić information content (AvgIpc) is 2.63. The van der Waals surface area contributed by atoms with Gasteiger partial charge in [0.1, 0.15) is 5.25 Å². The van der Waals surface area contributed by atoms with Crippen LogP contribution in [0.4, 0.5) is 11.4 Å². The lowest BCUT2D eigenvalue weighted by molar-refractivity contribution is -0.128. The number of rotatable bonds is 3. The van der Waals surface area contributed by atoms with Crippen LogP contribution in [0, 0.1) is 13.8 Å². The first kappa shape index (κ1) is 19.6. The van der Waals surface area contributed by atoms with Gasteiger partial charge in [-0.15, -0.1) is 0 Å². The highest BCUT2D eigenvalue weighted by molar-refractivity contribution is 9.10. The molecule has 7 heteroatoms. The smallest absolute Gasteiger partial charge is 0.238 e. The average molecular weight is 446 g/mol. The van der Waals surface area contributed by atoms with Gasteiger partial charge < -0.3 is 5.32 Å². The van der Waals surface area contributed by atoms with E-state index >= 15 is 0 Å². The fourth-order valence-corrected chi connectivity index (χ4v) is 4.02. The zero-order valence-corrected chi connectivity index (χ0v) is 17.7. The van der Waals surface area contributed by atoms with Crippen LogP contribution >= 0.6 is 27.7 Å². The molecule has 2 amide bonds. The van der Waals surface area contributed by atoms with Crippen LogP contribution in [0.5, 0.6) is 0 Å². The van der Waals surface area contributed by atoms with Crippen molar-refractivity contribution in [3.63, 3.8) is 0 Å². The number of anilines is 1. The molecule has 2 aromatic carbocycles. The van der Waals surface area contributed by atoms with Crippen molar-refractivity contribution in [2.75, 3.05) is 12.4 Å². The van der Waals surface area contributed by atoms with E-state index in [4.69, 9.17) is 0 Å². The van der Waals surface area contributed by atoms with Crippen molar-refractivity contribution < 1.29 is 9.59 Å². The van der Waals surface area contributed by atoms with Gasteiger partial charge in [-0.3, -0.25) is 14.5 Å². The molecule has 0 saturated carbocycles. The number of nitrogens with zero attached hydrogens (tertiary/aromatic N) is 2. The van der Waals surface area contributed by atoms with E-state index in [-0.39, 0.29) is 18.2 Å². The normalized spacial score (nSPS) is 18.7. The van der Waals surface area contributed by atoms with Crippen LogP contribution in [0.15, 0.2) is 51.9 Å². The largest absolute Gasteiger partial charge is 0.325 e. The van der Waals surface area contributed by atoms with E-state index in [0.717, 1.165) is 27.0 Å². The fraction of sp³-hybridized carbons (Fsp3) is 0.250. The summed E-state index contributed by atoms with van der Waals surface area (Å²) in [4.78, 5) is 31.2. The number of carbonyl (C=O) groups excluding carboxylic acids is 2. The SMILES string of the molecule is Cc1ccc(NC(=O)C2CC(=O)N(C)C(=Nc3ccc(Br)cc3)S2)c(C)c1. The number of aryl methyl sites for hydroxylation is 2. The molecule has 1 aliphatic rings. The molecule has 3 rings (SSSR count). The second kappa shape index (κ2) is 8.27. The zero-order chi connectivity index (χ0) is 19.6. The minimum atomic E-state index is -0.511. The van der Waals surface area contributed by atoms with Crippen LogP contribution < -0.4 is 5.32 Å². The third-order valence-corrected chi connectivity index (χ3v) is 6.02. The number of carbonyl (C=O) groups is 2. The molecule has 5 nitrogen and oxygen atoms in total. The predicted octanol–water partition coefficient (Wildman–Crippen LogP) is 4.66. The van der Waals surface area contributed by atoms with Gasteiger partial charge in [-0.2, -0.15) is 0 Å². The van der Waals surface area contributed by atoms with Crippen molar-refractivity contribution in [3.8, 4) is 0 Å². The van der Waals surface area contributed by atoms with E-state index in [0.29, 0.717) is 5.17 Å². The van der Waals surface area contributed by atoms with Gasteiger partial charge in [0, 0.05) is 23.6 Å². The highest BCUT2D eigenvalue weighted by Crippen LogP contribution is 2.29. The van der Waals surface area contributed by atoms with Gasteiger partial charge in [0.2, 0.25) is 11.8 Å². The van der Waals surface area contributed by atoms with Gasteiger partial charge >= 0.3 is 0 Å². The van der Waals surface area contributed by atoms with E-state index < -0.39 is 5.25 Å². The maximum Gasteiger partial charge on any atom is 0.238 e. The van der Waals surface area contributed by atoms with E-state index in [9.17, 15) is 9.59 Å². The summed E-state index contributed by atoms with van der Waals surface area (Å²) in [7, 11) is 1.69. The topological polar surface area (TPSA) is 61.8 Å². The zero-order valence-electron chi connectivity index (χ0n) is 15.3. The fourth-order valence-electron chi connectivity index (χ4n) is 2.69. The molecule has 1 unspecified atom stereocenters. The summed E-state index contributed by atoms with van der Waals surface area (Å²) in [6.45, 7) is 3.96. The van der Waals surface area contributed by atoms with E-state index in [1.54, 1.807) is 7.05 Å². The molecule has 1 atom stereocenters. The Morgan fingerprint density at radius 1 is 1.22 bits per heavy atom. The van der Waals surface area contributed by atoms with Crippen molar-refractivity contribution in [3.05, 3.63) is 58.1 Å². The van der Waals surface area contributed by atoms with E-state index in [2.05, 4.69) is 26.2 Å². The van der Waals surface area contributed by atoms with Crippen molar-refractivity contribution in [2.45, 2.75) is 25.5 Å². The number of hydrogen-bond acceptors (Lipinski definition) is 4. The minimum absolute atomic E-state index is 0.120. The molecule has 1 aliphatic heterocycles. The lowest BCUT2D eigenvalue weighted by atomic mass is 10.1. The van der Waals surface area contributed by atoms with Crippen LogP contribution in [0.1, 0.15) is 17.5 Å². The molecule has 0 aromatic heterocycles. The molecule has 0 spiro atoms. The minimum Gasteiger partial charge on any atom is -0.325 e. The molecular weight excluding hydrogens is 426 g/mol. The van der Waals surface area contributed by atoms with Crippen molar-refractivity contribution in [2.24, 2.45) is 4.99 Å². The maximum atomic E-state index is 12.7. The molecule has 0 radical (unpaired) electrons. The Hall–Kier alpha value is -2.12. The quantitative estimate of drug-likeness (QED) is 0.747. The Bertz CT molecular complexity index is 912. The summed E-state index contributed by atoms with van der Waals surface area (Å²) < 4.78 is 0.956. The molecule has 0 bridgehead atoms. The Labute approximate surface area is 171 Å². The summed E-state index contributed by atoms with van der Waals surface area (Å²) in [5.41, 5.74) is 3.63. The number of nitrogens with one attached hydrogen (secondary N) is 1. The standard InChI is InChI=1S/C20H20BrN3O2S/c1-12-4-9-16(13(2)10-12)23-19(26)17-11-18(25)24(3)20(27-17)22-15-7-5-14(21)6-8-15/h4-10,17H,11H2,1-3H3,(H,23,26). The van der Waals surface area contributed by atoms with E-state index in [1.165, 1.54) is 16.7 Å². The van der Waals surface area contributed by atoms with Crippen molar-refractivity contribution in [1.82, 2.24) is 4.90 Å². The number of benzene rings is 2. The number of halogens is 1. The molecule has 1 fully saturated rings. The molecule has 27 heavy (non-hydrogen) atoms. The second-order valence-corrected chi connectivity index (χ2v) is 8.53. The van der Waals surface area contributed by atoms with Crippen LogP contribution in [-0.4, -0.2) is 34.2 Å². The van der Waals surface area contributed by atoms with E-state index in [1.807, 2.05) is 56.3 Å². The van der Waals surface area contributed by atoms with Crippen molar-refractivity contribution >= 4 is 56.0 Å². The van der Waals surface area contributed by atoms with Gasteiger partial charge in [-0.25, -0.2) is 4.99 Å². The Morgan fingerprint density at radius 3 is 2.59 bits per heavy atom. The number of hydrogen-bond donors (Lipinski definition) is 1. The van der Waals surface area contributed by atoms with Crippen LogP contribution in [-0.2, 0) is 9.59 Å². The summed E-state index contributed by atoms with van der Waals surface area (Å²) in [6.07, 6.45) is 0.150. The van der Waals surface area contributed by atoms with Crippen LogP contribution in [0.3, 0.4) is 0 Å². The lowest BCUT2D eigenvalue weighted by Crippen LogP contribution is -2.43. The van der Waals surface area contributed by atoms with Crippen LogP contribution in [0.2, 0.25) is 0 Å². The van der Waals surface area contributed by atoms with Crippen LogP contribution in [0.25, 0.3) is 0 Å². The van der Waals surface area contributed by atoms with Gasteiger partial charge in [0.15, 0.2) is 5.17 Å². The number of thioether (sulfide) groups is 1. The molecule has 0 aliphatic carbocycles. The maximum absolute atomic E-state index is 12.7. The second-order valence-electron chi connectivity index (χ2n) is 6.44. The summed E-state index contributed by atoms with van der Waals surface area (Å²) in [6, 6.07) is 13.3. The third kappa shape index (κ3) is 4.78. The lowest BCUT2D eigenvalue weighted by Gasteiger charge is -2.29. The third-order valence-electron chi connectivity index (χ3n) is 4.25. The van der Waals surface area contributed by atoms with Crippen molar-refractivity contribution in [1.29, 1.82) is 0 Å². The molecule has 2 aromatic rings. The number of aliphatic imine (C=N–C) groups is 1. The predicted molar refractivity (Wildman–Crippen MR) is 115 cm³/mol.